The Morgan fingerprint density at radius 1 is 0.471 bits per heavy atom. The third-order valence-electron chi connectivity index (χ3n) is 11.7. The molecule has 6 aromatic carbocycles. The molecule has 2 heteroatoms. The van der Waals surface area contributed by atoms with Gasteiger partial charge in [-0.25, -0.2) is 0 Å². The monoisotopic (exact) mass is 660 g/mol. The van der Waals surface area contributed by atoms with Crippen LogP contribution < -0.4 is 4.90 Å². The lowest BCUT2D eigenvalue weighted by Gasteiger charge is -2.25. The molecule has 2 nitrogen and oxygen atoms in total. The van der Waals surface area contributed by atoms with Gasteiger partial charge in [0.25, 0.3) is 0 Å². The Balaban J connectivity index is 0.000000529. The minimum atomic E-state index is -0.0485. The Morgan fingerprint density at radius 2 is 0.980 bits per heavy atom. The number of benzene rings is 6. The number of anilines is 2. The molecule has 10 rings (SSSR count). The van der Waals surface area contributed by atoms with Crippen LogP contribution in [0.5, 0.6) is 0 Å². The van der Waals surface area contributed by atoms with Crippen molar-refractivity contribution < 1.29 is 0 Å². The van der Waals surface area contributed by atoms with Gasteiger partial charge in [0.2, 0.25) is 0 Å². The van der Waals surface area contributed by atoms with E-state index in [1.165, 1.54) is 96.2 Å². The van der Waals surface area contributed by atoms with E-state index < -0.39 is 0 Å². The summed E-state index contributed by atoms with van der Waals surface area (Å²) in [6, 6.07) is 47.6. The summed E-state index contributed by atoms with van der Waals surface area (Å²) >= 11 is 0. The van der Waals surface area contributed by atoms with E-state index in [1.807, 2.05) is 0 Å². The Hall–Kier alpha value is -5.60. The highest BCUT2D eigenvalue weighted by molar-refractivity contribution is 6.10. The molecule has 51 heavy (non-hydrogen) atoms. The average molecular weight is 661 g/mol. The van der Waals surface area contributed by atoms with Crippen LogP contribution in [-0.2, 0) is 10.8 Å². The van der Waals surface area contributed by atoms with Crippen molar-refractivity contribution in [2.24, 2.45) is 0 Å². The molecular formula is C49H44N2. The molecule has 1 heterocycles. The number of nitrogens with zero attached hydrogens (tertiary/aromatic N) is 2. The van der Waals surface area contributed by atoms with Crippen LogP contribution in [0.3, 0.4) is 0 Å². The minimum absolute atomic E-state index is 0.0276. The third-order valence-corrected chi connectivity index (χ3v) is 11.7. The zero-order valence-corrected chi connectivity index (χ0v) is 30.2. The predicted octanol–water partition coefficient (Wildman–Crippen LogP) is 13.1. The van der Waals surface area contributed by atoms with E-state index in [9.17, 15) is 0 Å². The van der Waals surface area contributed by atoms with Crippen LogP contribution in [-0.4, -0.2) is 11.6 Å². The summed E-state index contributed by atoms with van der Waals surface area (Å²) in [4.78, 5) is 2.34. The largest absolute Gasteiger partial charge is 0.345 e. The van der Waals surface area contributed by atoms with Gasteiger partial charge < -0.3 is 9.47 Å². The number of fused-ring (bicyclic) bond motifs is 9. The highest BCUT2D eigenvalue weighted by Crippen LogP contribution is 2.51. The molecule has 0 spiro atoms. The number of para-hydroxylation sites is 1. The Morgan fingerprint density at radius 3 is 1.63 bits per heavy atom. The van der Waals surface area contributed by atoms with Crippen molar-refractivity contribution in [2.75, 3.05) is 11.9 Å². The van der Waals surface area contributed by atoms with Crippen molar-refractivity contribution in [1.82, 2.24) is 4.57 Å². The fourth-order valence-corrected chi connectivity index (χ4v) is 8.87. The quantitative estimate of drug-likeness (QED) is 0.183. The van der Waals surface area contributed by atoms with Gasteiger partial charge in [-0.3, -0.25) is 0 Å². The fraction of sp³-hybridized carbons (Fsp3) is 0.184. The predicted molar refractivity (Wildman–Crippen MR) is 218 cm³/mol. The van der Waals surface area contributed by atoms with Crippen LogP contribution in [0.25, 0.3) is 49.7 Å². The second-order valence-corrected chi connectivity index (χ2v) is 15.3. The maximum absolute atomic E-state index is 2.46. The summed E-state index contributed by atoms with van der Waals surface area (Å²) < 4.78 is 2.46. The highest BCUT2D eigenvalue weighted by atomic mass is 15.1. The summed E-state index contributed by atoms with van der Waals surface area (Å²) in [6.07, 6.45) is 11.0. The summed E-state index contributed by atoms with van der Waals surface area (Å²) in [5.41, 5.74) is 17.0. The van der Waals surface area contributed by atoms with Crippen LogP contribution in [0.15, 0.2) is 152 Å². The number of aromatic nitrogens is 1. The van der Waals surface area contributed by atoms with Crippen molar-refractivity contribution in [3.63, 3.8) is 0 Å². The van der Waals surface area contributed by atoms with Crippen LogP contribution in [0.4, 0.5) is 11.4 Å². The molecule has 0 amide bonds. The van der Waals surface area contributed by atoms with Gasteiger partial charge in [-0.2, -0.15) is 0 Å². The zero-order valence-electron chi connectivity index (χ0n) is 30.2. The Kier molecular flexibility index (Phi) is 7.23. The van der Waals surface area contributed by atoms with Gasteiger partial charge >= 0.3 is 0 Å². The summed E-state index contributed by atoms with van der Waals surface area (Å²) in [7, 11) is 2.19. The van der Waals surface area contributed by atoms with Crippen molar-refractivity contribution in [3.8, 4) is 27.9 Å². The maximum Gasteiger partial charge on any atom is 0.0561 e. The van der Waals surface area contributed by atoms with Gasteiger partial charge in [-0.1, -0.05) is 137 Å². The average Bonchev–Trinajstić information content (AvgIpc) is 3.72. The van der Waals surface area contributed by atoms with Gasteiger partial charge in [-0.15, -0.1) is 0 Å². The lowest BCUT2D eigenvalue weighted by Crippen LogP contribution is -2.16. The Bertz CT molecular complexity index is 2540. The number of allylic oxidation sites excluding steroid dienone is 4. The van der Waals surface area contributed by atoms with Crippen molar-refractivity contribution in [1.29, 1.82) is 0 Å². The molecule has 0 aliphatic heterocycles. The fourth-order valence-electron chi connectivity index (χ4n) is 8.87. The number of hydrogen-bond donors (Lipinski definition) is 0. The second-order valence-electron chi connectivity index (χ2n) is 15.3. The van der Waals surface area contributed by atoms with Gasteiger partial charge in [0, 0.05) is 45.7 Å². The normalized spacial score (nSPS) is 15.5. The lowest BCUT2D eigenvalue weighted by atomic mass is 9.82. The molecule has 0 unspecified atom stereocenters. The molecule has 0 N–H and O–H groups in total. The van der Waals surface area contributed by atoms with E-state index in [2.05, 4.69) is 196 Å². The van der Waals surface area contributed by atoms with E-state index in [-0.39, 0.29) is 10.8 Å². The first-order valence-electron chi connectivity index (χ1n) is 18.3. The van der Waals surface area contributed by atoms with Crippen LogP contribution in [0, 0.1) is 0 Å². The molecule has 3 aliphatic carbocycles. The van der Waals surface area contributed by atoms with Crippen molar-refractivity contribution in [2.45, 2.75) is 51.4 Å². The molecule has 250 valence electrons. The standard InChI is InChI=1S/C43H36N2.C6H8/c1-42(2)36-15-9-6-12-30(36)32-21-18-27(24-38(32)42)44(5)28-19-23-35-34-14-8-11-17-40(34)45(41(35)26-28)29-20-22-33-31-13-7-10-16-37(31)43(3,4)39(33)25-29;1-2-4-6-5-3-1/h6-26H,1-5H3;1-4H,5-6H2. The van der Waals surface area contributed by atoms with Gasteiger partial charge in [0.05, 0.1) is 11.0 Å². The molecule has 0 atom stereocenters. The third kappa shape index (κ3) is 4.84. The smallest absolute Gasteiger partial charge is 0.0561 e. The van der Waals surface area contributed by atoms with Crippen molar-refractivity contribution in [3.05, 3.63) is 174 Å². The van der Waals surface area contributed by atoms with E-state index in [1.54, 1.807) is 0 Å². The first kappa shape index (κ1) is 31.4. The summed E-state index contributed by atoms with van der Waals surface area (Å²) in [6.45, 7) is 9.41. The van der Waals surface area contributed by atoms with E-state index in [0.29, 0.717) is 0 Å². The molecule has 1 aromatic heterocycles. The van der Waals surface area contributed by atoms with Gasteiger partial charge in [-0.05, 0) is 99.8 Å². The van der Waals surface area contributed by atoms with Crippen LogP contribution >= 0.6 is 0 Å². The molecule has 0 bridgehead atoms. The first-order valence-corrected chi connectivity index (χ1v) is 18.3. The zero-order chi connectivity index (χ0) is 34.9. The van der Waals surface area contributed by atoms with Crippen molar-refractivity contribution >= 4 is 33.2 Å². The van der Waals surface area contributed by atoms with E-state index >= 15 is 0 Å². The molecule has 7 aromatic rings. The lowest BCUT2D eigenvalue weighted by molar-refractivity contribution is 0.660. The SMILES string of the molecule is C1=CCCC=C1.CN(c1ccc2c(c1)C(C)(C)c1ccccc1-2)c1ccc2c3ccccc3n(-c3ccc4c(c3)C(C)(C)c3ccccc3-4)c2c1. The van der Waals surface area contributed by atoms with Gasteiger partial charge in [0.15, 0.2) is 0 Å². The second kappa shape index (κ2) is 11.7. The molecular weight excluding hydrogens is 617 g/mol. The van der Waals surface area contributed by atoms with E-state index in [4.69, 9.17) is 0 Å². The maximum atomic E-state index is 2.46. The highest BCUT2D eigenvalue weighted by Gasteiger charge is 2.36. The minimum Gasteiger partial charge on any atom is -0.345 e. The molecule has 3 aliphatic rings. The summed E-state index contributed by atoms with van der Waals surface area (Å²) in [5.74, 6) is 0. The molecule has 0 saturated heterocycles. The molecule has 0 fully saturated rings. The number of hydrogen-bond acceptors (Lipinski definition) is 1. The van der Waals surface area contributed by atoms with Crippen LogP contribution in [0.2, 0.25) is 0 Å². The topological polar surface area (TPSA) is 8.17 Å². The summed E-state index contributed by atoms with van der Waals surface area (Å²) in [5, 5.41) is 2.55. The molecule has 0 saturated carbocycles. The van der Waals surface area contributed by atoms with Crippen LogP contribution in [0.1, 0.15) is 62.8 Å². The van der Waals surface area contributed by atoms with E-state index in [0.717, 1.165) is 0 Å². The molecule has 0 radical (unpaired) electrons. The number of rotatable bonds is 3. The Labute approximate surface area is 302 Å². The first-order chi connectivity index (χ1) is 24.7. The van der Waals surface area contributed by atoms with Gasteiger partial charge in [0.1, 0.15) is 0 Å².